The Hall–Kier alpha value is -0.750. The van der Waals surface area contributed by atoms with Crippen molar-refractivity contribution in [1.29, 1.82) is 0 Å². The van der Waals surface area contributed by atoms with E-state index in [1.54, 1.807) is 0 Å². The zero-order valence-electron chi connectivity index (χ0n) is 9.82. The molecule has 0 aliphatic heterocycles. The van der Waals surface area contributed by atoms with Crippen molar-refractivity contribution >= 4 is 23.6 Å². The van der Waals surface area contributed by atoms with Crippen LogP contribution in [-0.4, -0.2) is 45.2 Å². The molecule has 1 atom stereocenters. The molecule has 3 N–H and O–H groups in total. The number of carboxylic acids is 1. The minimum absolute atomic E-state index is 0.0257. The van der Waals surface area contributed by atoms with Gasteiger partial charge in [0, 0.05) is 17.7 Å². The van der Waals surface area contributed by atoms with Gasteiger partial charge in [-0.3, -0.25) is 4.79 Å². The zero-order chi connectivity index (χ0) is 12.8. The van der Waals surface area contributed by atoms with Crippen molar-refractivity contribution in [1.82, 2.24) is 5.32 Å². The fourth-order valence-electron chi connectivity index (χ4n) is 0.805. The van der Waals surface area contributed by atoms with E-state index in [-0.39, 0.29) is 23.6 Å². The highest BCUT2D eigenvalue weighted by atomic mass is 32.2. The SMILES string of the molecule is CC(C)(C)SCC(=O)NCCC(O)C(=O)O. The summed E-state index contributed by atoms with van der Waals surface area (Å²) in [4.78, 5) is 21.5. The normalized spacial score (nSPS) is 13.2. The number of amides is 1. The Balaban J connectivity index is 3.63. The van der Waals surface area contributed by atoms with E-state index in [0.717, 1.165) is 0 Å². The molecule has 0 bridgehead atoms. The molecule has 0 heterocycles. The molecular formula is C10H19NO4S. The fourth-order valence-corrected chi connectivity index (χ4v) is 1.47. The van der Waals surface area contributed by atoms with Crippen molar-refractivity contribution in [2.24, 2.45) is 0 Å². The smallest absolute Gasteiger partial charge is 0.332 e. The molecule has 0 radical (unpaired) electrons. The molecule has 0 spiro atoms. The van der Waals surface area contributed by atoms with Crippen LogP contribution in [0.4, 0.5) is 0 Å². The summed E-state index contributed by atoms with van der Waals surface area (Å²) in [5, 5.41) is 19.9. The number of carboxylic acid groups (broad SMARTS) is 1. The monoisotopic (exact) mass is 249 g/mol. The van der Waals surface area contributed by atoms with Gasteiger partial charge in [0.25, 0.3) is 0 Å². The number of carbonyl (C=O) groups is 2. The average Bonchev–Trinajstić information content (AvgIpc) is 2.13. The predicted molar refractivity (Wildman–Crippen MR) is 63.5 cm³/mol. The molecule has 5 nitrogen and oxygen atoms in total. The number of nitrogens with one attached hydrogen (secondary N) is 1. The van der Waals surface area contributed by atoms with Gasteiger partial charge in [-0.15, -0.1) is 11.8 Å². The van der Waals surface area contributed by atoms with Crippen LogP contribution < -0.4 is 5.32 Å². The standard InChI is InChI=1S/C10H19NO4S/c1-10(2,3)16-6-8(13)11-5-4-7(12)9(14)15/h7,12H,4-6H2,1-3H3,(H,11,13)(H,14,15). The molecule has 0 aliphatic rings. The van der Waals surface area contributed by atoms with Crippen LogP contribution in [0.3, 0.4) is 0 Å². The molecular weight excluding hydrogens is 230 g/mol. The van der Waals surface area contributed by atoms with Gasteiger partial charge in [0.1, 0.15) is 0 Å². The molecule has 0 aromatic rings. The first kappa shape index (κ1) is 15.2. The van der Waals surface area contributed by atoms with Crippen LogP contribution in [-0.2, 0) is 9.59 Å². The molecule has 1 unspecified atom stereocenters. The highest BCUT2D eigenvalue weighted by molar-refractivity contribution is 8.01. The first-order chi connectivity index (χ1) is 7.22. The largest absolute Gasteiger partial charge is 0.479 e. The third-order valence-electron chi connectivity index (χ3n) is 1.66. The van der Waals surface area contributed by atoms with Crippen molar-refractivity contribution in [2.45, 2.75) is 38.0 Å². The van der Waals surface area contributed by atoms with Gasteiger partial charge in [0.05, 0.1) is 5.75 Å². The van der Waals surface area contributed by atoms with E-state index in [2.05, 4.69) is 5.32 Å². The molecule has 0 rings (SSSR count). The molecule has 0 saturated carbocycles. The minimum atomic E-state index is -1.41. The number of aliphatic hydroxyl groups is 1. The lowest BCUT2D eigenvalue weighted by atomic mass is 10.2. The Kier molecular flexibility index (Phi) is 6.43. The molecule has 1 amide bonds. The van der Waals surface area contributed by atoms with E-state index >= 15 is 0 Å². The third-order valence-corrected chi connectivity index (χ3v) is 2.93. The second-order valence-corrected chi connectivity index (χ2v) is 6.20. The number of rotatable bonds is 6. The quantitative estimate of drug-likeness (QED) is 0.637. The van der Waals surface area contributed by atoms with Crippen LogP contribution in [0.15, 0.2) is 0 Å². The Morgan fingerprint density at radius 2 is 1.94 bits per heavy atom. The number of aliphatic hydroxyl groups excluding tert-OH is 1. The lowest BCUT2D eigenvalue weighted by Gasteiger charge is -2.17. The second kappa shape index (κ2) is 6.75. The first-order valence-corrected chi connectivity index (χ1v) is 6.02. The number of hydrogen-bond acceptors (Lipinski definition) is 4. The summed E-state index contributed by atoms with van der Waals surface area (Å²) < 4.78 is 0.0257. The van der Waals surface area contributed by atoms with E-state index in [4.69, 9.17) is 10.2 Å². The topological polar surface area (TPSA) is 86.6 Å². The van der Waals surface area contributed by atoms with Gasteiger partial charge in [0.2, 0.25) is 5.91 Å². The maximum absolute atomic E-state index is 11.3. The maximum Gasteiger partial charge on any atom is 0.332 e. The Morgan fingerprint density at radius 1 is 1.38 bits per heavy atom. The number of hydrogen-bond donors (Lipinski definition) is 3. The van der Waals surface area contributed by atoms with Gasteiger partial charge in [-0.05, 0) is 0 Å². The third kappa shape index (κ3) is 8.55. The summed E-state index contributed by atoms with van der Waals surface area (Å²) in [6.45, 7) is 6.22. The van der Waals surface area contributed by atoms with Gasteiger partial charge in [0.15, 0.2) is 6.10 Å². The van der Waals surface area contributed by atoms with E-state index in [1.165, 1.54) is 11.8 Å². The molecule has 16 heavy (non-hydrogen) atoms. The van der Waals surface area contributed by atoms with Crippen molar-refractivity contribution < 1.29 is 19.8 Å². The van der Waals surface area contributed by atoms with Gasteiger partial charge in [-0.1, -0.05) is 20.8 Å². The summed E-state index contributed by atoms with van der Waals surface area (Å²) >= 11 is 1.52. The predicted octanol–water partition coefficient (Wildman–Crippen LogP) is 0.470. The highest BCUT2D eigenvalue weighted by Crippen LogP contribution is 2.22. The van der Waals surface area contributed by atoms with Crippen molar-refractivity contribution in [3.63, 3.8) is 0 Å². The zero-order valence-corrected chi connectivity index (χ0v) is 10.6. The van der Waals surface area contributed by atoms with Crippen LogP contribution in [0.1, 0.15) is 27.2 Å². The Morgan fingerprint density at radius 3 is 2.38 bits per heavy atom. The molecule has 0 aromatic heterocycles. The molecule has 94 valence electrons. The van der Waals surface area contributed by atoms with Gasteiger partial charge < -0.3 is 15.5 Å². The summed E-state index contributed by atoms with van der Waals surface area (Å²) in [5.41, 5.74) is 0. The van der Waals surface area contributed by atoms with Crippen LogP contribution in [0.5, 0.6) is 0 Å². The summed E-state index contributed by atoms with van der Waals surface area (Å²) in [6, 6.07) is 0. The van der Waals surface area contributed by atoms with E-state index in [9.17, 15) is 9.59 Å². The van der Waals surface area contributed by atoms with Gasteiger partial charge in [-0.25, -0.2) is 4.79 Å². The Labute approximate surface area is 99.6 Å². The van der Waals surface area contributed by atoms with Gasteiger partial charge >= 0.3 is 5.97 Å². The van der Waals surface area contributed by atoms with E-state index in [0.29, 0.717) is 5.75 Å². The van der Waals surface area contributed by atoms with Crippen LogP contribution >= 0.6 is 11.8 Å². The number of aliphatic carboxylic acids is 1. The Bertz CT molecular complexity index is 250. The lowest BCUT2D eigenvalue weighted by molar-refractivity contribution is -0.147. The molecule has 0 saturated heterocycles. The summed E-state index contributed by atoms with van der Waals surface area (Å²) in [6.07, 6.45) is -1.38. The van der Waals surface area contributed by atoms with Crippen molar-refractivity contribution in [2.75, 3.05) is 12.3 Å². The maximum atomic E-state index is 11.3. The van der Waals surface area contributed by atoms with Crippen LogP contribution in [0.25, 0.3) is 0 Å². The lowest BCUT2D eigenvalue weighted by Crippen LogP contribution is -2.31. The van der Waals surface area contributed by atoms with E-state index < -0.39 is 12.1 Å². The molecule has 0 aromatic carbocycles. The fraction of sp³-hybridized carbons (Fsp3) is 0.800. The molecule has 6 heteroatoms. The van der Waals surface area contributed by atoms with Gasteiger partial charge in [-0.2, -0.15) is 0 Å². The average molecular weight is 249 g/mol. The molecule has 0 fully saturated rings. The first-order valence-electron chi connectivity index (χ1n) is 5.04. The summed E-state index contributed by atoms with van der Waals surface area (Å²) in [7, 11) is 0. The highest BCUT2D eigenvalue weighted by Gasteiger charge is 2.15. The molecule has 0 aliphatic carbocycles. The van der Waals surface area contributed by atoms with Crippen molar-refractivity contribution in [3.8, 4) is 0 Å². The number of thioether (sulfide) groups is 1. The second-order valence-electron chi connectivity index (χ2n) is 4.39. The summed E-state index contributed by atoms with van der Waals surface area (Å²) in [5.74, 6) is -1.07. The van der Waals surface area contributed by atoms with E-state index in [1.807, 2.05) is 20.8 Å². The van der Waals surface area contributed by atoms with Crippen LogP contribution in [0, 0.1) is 0 Å². The number of carbonyl (C=O) groups excluding carboxylic acids is 1. The minimum Gasteiger partial charge on any atom is -0.479 e. The van der Waals surface area contributed by atoms with Crippen molar-refractivity contribution in [3.05, 3.63) is 0 Å². The van der Waals surface area contributed by atoms with Crippen LogP contribution in [0.2, 0.25) is 0 Å².